The molecule has 0 aromatic carbocycles. The Morgan fingerprint density at radius 3 is 2.67 bits per heavy atom. The van der Waals surface area contributed by atoms with Crippen molar-refractivity contribution in [2.45, 2.75) is 6.92 Å². The lowest BCUT2D eigenvalue weighted by Gasteiger charge is -2.07. The number of methoxy groups -OCH3 is 1. The molecule has 4 heteroatoms. The van der Waals surface area contributed by atoms with Gasteiger partial charge in [-0.3, -0.25) is 4.79 Å². The van der Waals surface area contributed by atoms with E-state index in [1.807, 2.05) is 30.4 Å². The second kappa shape index (κ2) is 7.80. The summed E-state index contributed by atoms with van der Waals surface area (Å²) in [7, 11) is 1.44. The molecule has 0 aliphatic carbocycles. The molecular formula is C8H16O2S2. The highest BCUT2D eigenvalue weighted by molar-refractivity contribution is 8.02. The van der Waals surface area contributed by atoms with Gasteiger partial charge in [0.1, 0.15) is 0 Å². The average molecular weight is 208 g/mol. The van der Waals surface area contributed by atoms with Crippen LogP contribution in [0.3, 0.4) is 0 Å². The normalized spacial score (nSPS) is 12.6. The molecule has 0 fully saturated rings. The van der Waals surface area contributed by atoms with E-state index in [2.05, 4.69) is 11.0 Å². The summed E-state index contributed by atoms with van der Waals surface area (Å²) >= 11 is 3.64. The van der Waals surface area contributed by atoms with Gasteiger partial charge in [0.2, 0.25) is 0 Å². The van der Waals surface area contributed by atoms with Crippen LogP contribution in [0.5, 0.6) is 0 Å². The second-order valence-corrected chi connectivity index (χ2v) is 4.63. The van der Waals surface area contributed by atoms with Gasteiger partial charge >= 0.3 is 5.97 Å². The average Bonchev–Trinajstić information content (AvgIpc) is 2.10. The third-order valence-electron chi connectivity index (χ3n) is 1.40. The minimum Gasteiger partial charge on any atom is -0.469 e. The summed E-state index contributed by atoms with van der Waals surface area (Å²) in [6.45, 7) is 1.90. The fourth-order valence-corrected chi connectivity index (χ4v) is 2.47. The molecule has 0 rings (SSSR count). The van der Waals surface area contributed by atoms with Crippen LogP contribution in [0.2, 0.25) is 0 Å². The zero-order valence-electron chi connectivity index (χ0n) is 7.83. The largest absolute Gasteiger partial charge is 0.469 e. The fourth-order valence-electron chi connectivity index (χ4n) is 0.672. The summed E-state index contributed by atoms with van der Waals surface area (Å²) in [6, 6.07) is 0. The third kappa shape index (κ3) is 5.77. The first-order valence-corrected chi connectivity index (χ1v) is 6.41. The van der Waals surface area contributed by atoms with E-state index in [0.29, 0.717) is 0 Å². The van der Waals surface area contributed by atoms with Crippen molar-refractivity contribution in [2.24, 2.45) is 5.92 Å². The first-order chi connectivity index (χ1) is 5.72. The van der Waals surface area contributed by atoms with Crippen LogP contribution < -0.4 is 0 Å². The van der Waals surface area contributed by atoms with Crippen LogP contribution in [0.4, 0.5) is 0 Å². The molecule has 0 aromatic rings. The number of carbonyl (C=O) groups excluding carboxylic acids is 1. The van der Waals surface area contributed by atoms with E-state index < -0.39 is 0 Å². The maximum Gasteiger partial charge on any atom is 0.309 e. The summed E-state index contributed by atoms with van der Waals surface area (Å²) in [4.78, 5) is 10.9. The van der Waals surface area contributed by atoms with E-state index in [-0.39, 0.29) is 11.9 Å². The summed E-state index contributed by atoms with van der Waals surface area (Å²) in [5.74, 6) is 3.06. The molecule has 0 radical (unpaired) electrons. The molecule has 0 bridgehead atoms. The van der Waals surface area contributed by atoms with Crippen molar-refractivity contribution in [3.63, 3.8) is 0 Å². The predicted molar refractivity (Wildman–Crippen MR) is 56.9 cm³/mol. The molecule has 72 valence electrons. The Balaban J connectivity index is 3.31. The van der Waals surface area contributed by atoms with Gasteiger partial charge < -0.3 is 4.74 Å². The van der Waals surface area contributed by atoms with E-state index >= 15 is 0 Å². The Morgan fingerprint density at radius 2 is 2.17 bits per heavy atom. The molecule has 2 nitrogen and oxygen atoms in total. The van der Waals surface area contributed by atoms with Gasteiger partial charge in [0.25, 0.3) is 0 Å². The van der Waals surface area contributed by atoms with E-state index in [4.69, 9.17) is 0 Å². The number of ether oxygens (including phenoxy) is 1. The third-order valence-corrected chi connectivity index (χ3v) is 3.50. The van der Waals surface area contributed by atoms with Crippen molar-refractivity contribution >= 4 is 29.5 Å². The Labute approximate surface area is 82.8 Å². The number of hydrogen-bond acceptors (Lipinski definition) is 4. The van der Waals surface area contributed by atoms with Gasteiger partial charge in [0, 0.05) is 17.3 Å². The van der Waals surface area contributed by atoms with Crippen LogP contribution in [0.25, 0.3) is 0 Å². The molecule has 0 N–H and O–H groups in total. The topological polar surface area (TPSA) is 26.3 Å². The number of thioether (sulfide) groups is 2. The first kappa shape index (κ1) is 12.2. The van der Waals surface area contributed by atoms with E-state index in [1.54, 1.807) is 0 Å². The van der Waals surface area contributed by atoms with Crippen LogP contribution in [-0.4, -0.2) is 36.6 Å². The molecule has 0 amide bonds. The molecule has 0 heterocycles. The zero-order valence-corrected chi connectivity index (χ0v) is 9.46. The quantitative estimate of drug-likeness (QED) is 0.492. The summed E-state index contributed by atoms with van der Waals surface area (Å²) < 4.78 is 4.61. The lowest BCUT2D eigenvalue weighted by atomic mass is 10.2. The smallest absolute Gasteiger partial charge is 0.309 e. The lowest BCUT2D eigenvalue weighted by molar-refractivity contribution is -0.143. The second-order valence-electron chi connectivity index (χ2n) is 2.49. The van der Waals surface area contributed by atoms with Crippen molar-refractivity contribution in [1.29, 1.82) is 0 Å². The first-order valence-electron chi connectivity index (χ1n) is 3.87. The minimum atomic E-state index is -0.105. The molecule has 12 heavy (non-hydrogen) atoms. The van der Waals surface area contributed by atoms with E-state index in [9.17, 15) is 4.79 Å². The standard InChI is InChI=1S/C8H16O2S2/c1-7(8(9)10-2)6-12-5-4-11-3/h7H,4-6H2,1-3H3. The Hall–Kier alpha value is 0.170. The van der Waals surface area contributed by atoms with Crippen LogP contribution in [0, 0.1) is 5.92 Å². The van der Waals surface area contributed by atoms with Crippen molar-refractivity contribution in [1.82, 2.24) is 0 Å². The minimum absolute atomic E-state index is 0.0295. The van der Waals surface area contributed by atoms with Gasteiger partial charge in [-0.15, -0.1) is 0 Å². The number of esters is 1. The number of carbonyl (C=O) groups is 1. The van der Waals surface area contributed by atoms with Crippen LogP contribution >= 0.6 is 23.5 Å². The van der Waals surface area contributed by atoms with Crippen LogP contribution in [0.15, 0.2) is 0 Å². The highest BCUT2D eigenvalue weighted by Crippen LogP contribution is 2.10. The van der Waals surface area contributed by atoms with Crippen molar-refractivity contribution in [2.75, 3.05) is 30.6 Å². The molecule has 1 atom stereocenters. The monoisotopic (exact) mass is 208 g/mol. The highest BCUT2D eigenvalue weighted by atomic mass is 32.2. The Bertz CT molecular complexity index is 128. The summed E-state index contributed by atoms with van der Waals surface area (Å²) in [5, 5.41) is 0. The molecule has 0 aliphatic rings. The zero-order chi connectivity index (χ0) is 9.40. The van der Waals surface area contributed by atoms with Crippen molar-refractivity contribution in [3.05, 3.63) is 0 Å². The maximum absolute atomic E-state index is 10.9. The van der Waals surface area contributed by atoms with Gasteiger partial charge in [0.15, 0.2) is 0 Å². The Kier molecular flexibility index (Phi) is 7.91. The molecule has 0 saturated heterocycles. The highest BCUT2D eigenvalue weighted by Gasteiger charge is 2.11. The van der Waals surface area contributed by atoms with Crippen LogP contribution in [0.1, 0.15) is 6.92 Å². The summed E-state index contributed by atoms with van der Waals surface area (Å²) in [5.41, 5.74) is 0. The van der Waals surface area contributed by atoms with E-state index in [1.165, 1.54) is 7.11 Å². The molecule has 1 unspecified atom stereocenters. The molecular weight excluding hydrogens is 192 g/mol. The van der Waals surface area contributed by atoms with Gasteiger partial charge in [0.05, 0.1) is 13.0 Å². The van der Waals surface area contributed by atoms with Crippen molar-refractivity contribution < 1.29 is 9.53 Å². The van der Waals surface area contributed by atoms with Gasteiger partial charge in [-0.1, -0.05) is 6.92 Å². The SMILES string of the molecule is COC(=O)C(C)CSCCSC. The number of rotatable bonds is 6. The van der Waals surface area contributed by atoms with Gasteiger partial charge in [-0.25, -0.2) is 0 Å². The number of hydrogen-bond donors (Lipinski definition) is 0. The fraction of sp³-hybridized carbons (Fsp3) is 0.875. The molecule has 0 aromatic heterocycles. The predicted octanol–water partition coefficient (Wildman–Crippen LogP) is 1.89. The maximum atomic E-state index is 10.9. The summed E-state index contributed by atoms with van der Waals surface area (Å²) in [6.07, 6.45) is 2.09. The molecule has 0 saturated carbocycles. The molecule has 0 aliphatic heterocycles. The van der Waals surface area contributed by atoms with Gasteiger partial charge in [-0.05, 0) is 6.26 Å². The Morgan fingerprint density at radius 1 is 1.50 bits per heavy atom. The van der Waals surface area contributed by atoms with Gasteiger partial charge in [-0.2, -0.15) is 23.5 Å². The van der Waals surface area contributed by atoms with E-state index in [0.717, 1.165) is 17.3 Å². The lowest BCUT2D eigenvalue weighted by Crippen LogP contribution is -2.15. The van der Waals surface area contributed by atoms with Crippen molar-refractivity contribution in [3.8, 4) is 0 Å². The van der Waals surface area contributed by atoms with Crippen LogP contribution in [-0.2, 0) is 9.53 Å². The molecule has 0 spiro atoms.